The van der Waals surface area contributed by atoms with Crippen molar-refractivity contribution in [2.75, 3.05) is 19.7 Å². The summed E-state index contributed by atoms with van der Waals surface area (Å²) in [5, 5.41) is 8.53. The van der Waals surface area contributed by atoms with Crippen LogP contribution in [-0.4, -0.2) is 47.2 Å². The van der Waals surface area contributed by atoms with E-state index in [2.05, 4.69) is 4.42 Å². The number of likely N-dealkylation sites (tertiary alicyclic amines) is 1. The highest BCUT2D eigenvalue weighted by molar-refractivity contribution is 5.94. The van der Waals surface area contributed by atoms with Crippen molar-refractivity contribution in [3.8, 4) is 0 Å². The first-order valence-electron chi connectivity index (χ1n) is 5.63. The molecule has 1 saturated heterocycles. The van der Waals surface area contributed by atoms with Gasteiger partial charge in [0.05, 0.1) is 18.7 Å². The van der Waals surface area contributed by atoms with Gasteiger partial charge in [0.15, 0.2) is 0 Å². The van der Waals surface area contributed by atoms with Crippen LogP contribution in [-0.2, 0) is 9.53 Å². The van der Waals surface area contributed by atoms with Crippen LogP contribution in [0.3, 0.4) is 0 Å². The van der Waals surface area contributed by atoms with Gasteiger partial charge < -0.3 is 19.2 Å². The highest BCUT2D eigenvalue weighted by Crippen LogP contribution is 2.26. The SMILES string of the molecule is CC1(OCC(=O)O)CN(C(=O)c2ccc(=O)oc2)C1. The van der Waals surface area contributed by atoms with Gasteiger partial charge in [-0.25, -0.2) is 9.59 Å². The highest BCUT2D eigenvalue weighted by atomic mass is 16.5. The lowest BCUT2D eigenvalue weighted by atomic mass is 9.95. The fourth-order valence-electron chi connectivity index (χ4n) is 1.89. The molecule has 1 amide bonds. The van der Waals surface area contributed by atoms with Crippen molar-refractivity contribution < 1.29 is 23.8 Å². The molecule has 0 atom stereocenters. The van der Waals surface area contributed by atoms with Gasteiger partial charge in [0, 0.05) is 6.07 Å². The Hall–Kier alpha value is -2.15. The standard InChI is InChI=1S/C12H13NO6/c1-12(19-5-9(14)15)6-13(7-12)11(17)8-2-3-10(16)18-4-8/h2-4H,5-7H2,1H3,(H,14,15). The van der Waals surface area contributed by atoms with Crippen LogP contribution in [0, 0.1) is 0 Å². The van der Waals surface area contributed by atoms with Crippen LogP contribution < -0.4 is 5.63 Å². The van der Waals surface area contributed by atoms with Crippen molar-refractivity contribution in [2.45, 2.75) is 12.5 Å². The monoisotopic (exact) mass is 267 g/mol. The average Bonchev–Trinajstić information content (AvgIpc) is 2.33. The number of rotatable bonds is 4. The van der Waals surface area contributed by atoms with Gasteiger partial charge in [-0.2, -0.15) is 0 Å². The molecule has 1 aliphatic rings. The molecule has 1 aromatic heterocycles. The summed E-state index contributed by atoms with van der Waals surface area (Å²) in [5.74, 6) is -1.32. The third kappa shape index (κ3) is 3.00. The third-order valence-corrected chi connectivity index (χ3v) is 2.83. The second-order valence-corrected chi connectivity index (χ2v) is 4.64. The van der Waals surface area contributed by atoms with Crippen LogP contribution >= 0.6 is 0 Å². The zero-order chi connectivity index (χ0) is 14.0. The quantitative estimate of drug-likeness (QED) is 0.821. The third-order valence-electron chi connectivity index (χ3n) is 2.83. The first-order chi connectivity index (χ1) is 8.89. The van der Waals surface area contributed by atoms with E-state index in [0.29, 0.717) is 13.1 Å². The van der Waals surface area contributed by atoms with Crippen LogP contribution in [0.4, 0.5) is 0 Å². The lowest BCUT2D eigenvalue weighted by Crippen LogP contribution is -2.63. The number of carbonyl (C=O) groups excluding carboxylic acids is 1. The number of hydrogen-bond acceptors (Lipinski definition) is 5. The average molecular weight is 267 g/mol. The minimum atomic E-state index is -1.05. The zero-order valence-corrected chi connectivity index (χ0v) is 10.3. The fourth-order valence-corrected chi connectivity index (χ4v) is 1.89. The van der Waals surface area contributed by atoms with Gasteiger partial charge >= 0.3 is 11.6 Å². The van der Waals surface area contributed by atoms with Crippen molar-refractivity contribution in [1.82, 2.24) is 4.90 Å². The number of carboxylic acids is 1. The van der Waals surface area contributed by atoms with E-state index >= 15 is 0 Å². The van der Waals surface area contributed by atoms with Crippen LogP contribution in [0.1, 0.15) is 17.3 Å². The van der Waals surface area contributed by atoms with Crippen molar-refractivity contribution in [3.05, 3.63) is 34.4 Å². The zero-order valence-electron chi connectivity index (χ0n) is 10.3. The molecule has 0 spiro atoms. The van der Waals surface area contributed by atoms with Crippen molar-refractivity contribution >= 4 is 11.9 Å². The van der Waals surface area contributed by atoms with E-state index in [1.807, 2.05) is 0 Å². The number of carbonyl (C=O) groups is 2. The van der Waals surface area contributed by atoms with E-state index in [9.17, 15) is 14.4 Å². The molecular weight excluding hydrogens is 254 g/mol. The maximum absolute atomic E-state index is 12.0. The van der Waals surface area contributed by atoms with Gasteiger partial charge in [-0.3, -0.25) is 4.79 Å². The Bertz CT molecular complexity index is 537. The van der Waals surface area contributed by atoms with Gasteiger partial charge in [-0.05, 0) is 13.0 Å². The summed E-state index contributed by atoms with van der Waals surface area (Å²) in [7, 11) is 0. The summed E-state index contributed by atoms with van der Waals surface area (Å²) >= 11 is 0. The lowest BCUT2D eigenvalue weighted by molar-refractivity contribution is -0.159. The second kappa shape index (κ2) is 4.85. The van der Waals surface area contributed by atoms with E-state index in [-0.39, 0.29) is 11.5 Å². The van der Waals surface area contributed by atoms with E-state index in [1.165, 1.54) is 17.0 Å². The molecule has 1 fully saturated rings. The van der Waals surface area contributed by atoms with Crippen LogP contribution in [0.25, 0.3) is 0 Å². The minimum Gasteiger partial charge on any atom is -0.480 e. The predicted molar refractivity (Wildman–Crippen MR) is 62.9 cm³/mol. The van der Waals surface area contributed by atoms with Crippen molar-refractivity contribution in [1.29, 1.82) is 0 Å². The molecule has 2 heterocycles. The molecule has 7 nitrogen and oxygen atoms in total. The number of aliphatic carboxylic acids is 1. The maximum Gasteiger partial charge on any atom is 0.335 e. The van der Waals surface area contributed by atoms with Crippen LogP contribution in [0.2, 0.25) is 0 Å². The van der Waals surface area contributed by atoms with Crippen LogP contribution in [0.15, 0.2) is 27.6 Å². The molecule has 0 aromatic carbocycles. The Labute approximate surface area is 108 Å². The summed E-state index contributed by atoms with van der Waals surface area (Å²) < 4.78 is 9.81. The van der Waals surface area contributed by atoms with E-state index < -0.39 is 23.8 Å². The summed E-state index contributed by atoms with van der Waals surface area (Å²) in [4.78, 5) is 34.6. The Morgan fingerprint density at radius 2 is 2.16 bits per heavy atom. The second-order valence-electron chi connectivity index (χ2n) is 4.64. The molecule has 2 rings (SSSR count). The van der Waals surface area contributed by atoms with Gasteiger partial charge in [-0.1, -0.05) is 0 Å². The minimum absolute atomic E-state index is 0.278. The predicted octanol–water partition coefficient (Wildman–Crippen LogP) is -0.0445. The molecule has 0 aliphatic carbocycles. The Morgan fingerprint density at radius 1 is 1.47 bits per heavy atom. The lowest BCUT2D eigenvalue weighted by Gasteiger charge is -2.47. The molecule has 1 aromatic rings. The number of ether oxygens (including phenoxy) is 1. The topological polar surface area (TPSA) is 97.0 Å². The van der Waals surface area contributed by atoms with Crippen molar-refractivity contribution in [2.24, 2.45) is 0 Å². The van der Waals surface area contributed by atoms with E-state index in [1.54, 1.807) is 6.92 Å². The molecule has 19 heavy (non-hydrogen) atoms. The number of hydrogen-bond donors (Lipinski definition) is 1. The van der Waals surface area contributed by atoms with Crippen molar-refractivity contribution in [3.63, 3.8) is 0 Å². The van der Waals surface area contributed by atoms with Gasteiger partial charge in [-0.15, -0.1) is 0 Å². The summed E-state index contributed by atoms with van der Waals surface area (Å²) in [6.07, 6.45) is 1.11. The molecule has 0 saturated carbocycles. The first kappa shape index (κ1) is 13.3. The molecule has 7 heteroatoms. The molecule has 0 unspecified atom stereocenters. The normalized spacial score (nSPS) is 16.8. The molecule has 102 valence electrons. The van der Waals surface area contributed by atoms with Gasteiger partial charge in [0.25, 0.3) is 5.91 Å². The summed E-state index contributed by atoms with van der Waals surface area (Å²) in [6, 6.07) is 2.56. The maximum atomic E-state index is 12.0. The molecular formula is C12H13NO6. The first-order valence-corrected chi connectivity index (χ1v) is 5.63. The molecule has 0 bridgehead atoms. The molecule has 0 radical (unpaired) electrons. The van der Waals surface area contributed by atoms with Gasteiger partial charge in [0.1, 0.15) is 18.5 Å². The largest absolute Gasteiger partial charge is 0.480 e. The fraction of sp³-hybridized carbons (Fsp3) is 0.417. The Balaban J connectivity index is 1.92. The summed E-state index contributed by atoms with van der Waals surface area (Å²) in [5.41, 5.74) is -0.876. The van der Waals surface area contributed by atoms with Crippen LogP contribution in [0.5, 0.6) is 0 Å². The van der Waals surface area contributed by atoms with Gasteiger partial charge in [0.2, 0.25) is 0 Å². The highest BCUT2D eigenvalue weighted by Gasteiger charge is 2.43. The number of amides is 1. The number of carboxylic acid groups (broad SMARTS) is 1. The molecule has 1 N–H and O–H groups in total. The van der Waals surface area contributed by atoms with E-state index in [4.69, 9.17) is 9.84 Å². The molecule has 1 aliphatic heterocycles. The summed E-state index contributed by atoms with van der Waals surface area (Å²) in [6.45, 7) is 1.96. The Morgan fingerprint density at radius 3 is 2.68 bits per heavy atom. The van der Waals surface area contributed by atoms with E-state index in [0.717, 1.165) is 6.26 Å². The number of nitrogens with zero attached hydrogens (tertiary/aromatic N) is 1. The smallest absolute Gasteiger partial charge is 0.335 e. The Kier molecular flexibility index (Phi) is 3.39.